The number of likely N-dealkylation sites (tertiary alicyclic amines) is 2. The Kier molecular flexibility index (Phi) is 4.21. The van der Waals surface area contributed by atoms with Crippen LogP contribution in [0.15, 0.2) is 24.3 Å². The van der Waals surface area contributed by atoms with Gasteiger partial charge < -0.3 is 9.80 Å². The van der Waals surface area contributed by atoms with Crippen molar-refractivity contribution in [2.45, 2.75) is 19.3 Å². The Bertz CT molecular complexity index is 664. The predicted molar refractivity (Wildman–Crippen MR) is 84.9 cm³/mol. The van der Waals surface area contributed by atoms with Crippen LogP contribution in [0.1, 0.15) is 30.4 Å². The highest BCUT2D eigenvalue weighted by Gasteiger charge is 2.38. The first-order chi connectivity index (χ1) is 11.1. The van der Waals surface area contributed by atoms with Crippen LogP contribution in [0, 0.1) is 34.6 Å². The van der Waals surface area contributed by atoms with E-state index in [0.717, 1.165) is 26.1 Å². The highest BCUT2D eigenvalue weighted by molar-refractivity contribution is 5.80. The molecule has 1 aromatic rings. The number of nitrogens with zero attached hydrogens (tertiary/aromatic N) is 4. The van der Waals surface area contributed by atoms with Gasteiger partial charge in [-0.2, -0.15) is 10.5 Å². The summed E-state index contributed by atoms with van der Waals surface area (Å²) in [5.41, 5.74) is 1.86. The molecule has 0 saturated carbocycles. The SMILES string of the molecule is C[C@@H](C(=O)N1CC(c2ccc(C#N)cc2)C1)[C@@H]1CCN(C#N)C1. The molecule has 0 radical (unpaired) electrons. The minimum atomic E-state index is -0.0183. The quantitative estimate of drug-likeness (QED) is 0.800. The standard InChI is InChI=1S/C18H20N4O/c1-13(16-6-7-21(9-16)12-20)18(23)22-10-17(11-22)15-4-2-14(8-19)3-5-15/h2-5,13,16-17H,6-7,9-11H2,1H3/t13-,16-/m1/s1. The number of hydrogen-bond acceptors (Lipinski definition) is 4. The van der Waals surface area contributed by atoms with Crippen LogP contribution < -0.4 is 0 Å². The summed E-state index contributed by atoms with van der Waals surface area (Å²) >= 11 is 0. The molecule has 2 aliphatic rings. The van der Waals surface area contributed by atoms with Crippen LogP contribution >= 0.6 is 0 Å². The molecule has 1 amide bonds. The molecule has 5 heteroatoms. The number of benzene rings is 1. The molecule has 3 rings (SSSR count). The normalized spacial score (nSPS) is 22.1. The fraction of sp³-hybridized carbons (Fsp3) is 0.500. The maximum absolute atomic E-state index is 12.6. The fourth-order valence-electron chi connectivity index (χ4n) is 3.48. The highest BCUT2D eigenvalue weighted by Crippen LogP contribution is 2.31. The number of amides is 1. The topological polar surface area (TPSA) is 71.1 Å². The zero-order chi connectivity index (χ0) is 16.4. The van der Waals surface area contributed by atoms with E-state index >= 15 is 0 Å². The first kappa shape index (κ1) is 15.4. The molecular weight excluding hydrogens is 288 g/mol. The summed E-state index contributed by atoms with van der Waals surface area (Å²) in [4.78, 5) is 16.2. The van der Waals surface area contributed by atoms with Gasteiger partial charge in [-0.15, -0.1) is 0 Å². The highest BCUT2D eigenvalue weighted by atomic mass is 16.2. The van der Waals surface area contributed by atoms with E-state index in [9.17, 15) is 4.79 Å². The molecule has 1 aromatic carbocycles. The minimum Gasteiger partial charge on any atom is -0.341 e. The van der Waals surface area contributed by atoms with E-state index in [1.807, 2.05) is 36.1 Å². The molecule has 0 aliphatic carbocycles. The van der Waals surface area contributed by atoms with Crippen molar-refractivity contribution in [3.05, 3.63) is 35.4 Å². The smallest absolute Gasteiger partial charge is 0.225 e. The third kappa shape index (κ3) is 3.00. The lowest BCUT2D eigenvalue weighted by molar-refractivity contribution is -0.141. The molecule has 0 bridgehead atoms. The van der Waals surface area contributed by atoms with Crippen molar-refractivity contribution < 1.29 is 4.79 Å². The van der Waals surface area contributed by atoms with Gasteiger partial charge in [-0.25, -0.2) is 0 Å². The average molecular weight is 308 g/mol. The van der Waals surface area contributed by atoms with E-state index < -0.39 is 0 Å². The van der Waals surface area contributed by atoms with E-state index in [1.54, 1.807) is 4.90 Å². The average Bonchev–Trinajstić information content (AvgIpc) is 3.02. The van der Waals surface area contributed by atoms with Crippen LogP contribution in [-0.4, -0.2) is 41.9 Å². The molecule has 5 nitrogen and oxygen atoms in total. The lowest BCUT2D eigenvalue weighted by atomic mass is 9.87. The minimum absolute atomic E-state index is 0.0183. The molecule has 118 valence electrons. The maximum Gasteiger partial charge on any atom is 0.225 e. The number of nitriles is 2. The molecule has 0 aromatic heterocycles. The van der Waals surface area contributed by atoms with E-state index in [0.29, 0.717) is 18.0 Å². The molecule has 0 spiro atoms. The molecule has 2 saturated heterocycles. The first-order valence-corrected chi connectivity index (χ1v) is 8.06. The predicted octanol–water partition coefficient (Wildman–Crippen LogP) is 1.92. The third-order valence-electron chi connectivity index (χ3n) is 5.17. The van der Waals surface area contributed by atoms with Crippen LogP contribution in [0.3, 0.4) is 0 Å². The summed E-state index contributed by atoms with van der Waals surface area (Å²) in [5, 5.41) is 17.8. The van der Waals surface area contributed by atoms with Crippen molar-refractivity contribution in [3.8, 4) is 12.3 Å². The summed E-state index contributed by atoms with van der Waals surface area (Å²) in [7, 11) is 0. The van der Waals surface area contributed by atoms with Gasteiger partial charge in [0, 0.05) is 38.0 Å². The monoisotopic (exact) mass is 308 g/mol. The molecular formula is C18H20N4O. The van der Waals surface area contributed by atoms with Gasteiger partial charge in [-0.3, -0.25) is 4.79 Å². The van der Waals surface area contributed by atoms with E-state index in [-0.39, 0.29) is 17.7 Å². The van der Waals surface area contributed by atoms with Gasteiger partial charge in [0.2, 0.25) is 5.91 Å². The van der Waals surface area contributed by atoms with Crippen LogP contribution in [0.4, 0.5) is 0 Å². The second-order valence-electron chi connectivity index (χ2n) is 6.56. The van der Waals surface area contributed by atoms with E-state index in [2.05, 4.69) is 12.3 Å². The lowest BCUT2D eigenvalue weighted by Gasteiger charge is -2.41. The van der Waals surface area contributed by atoms with Crippen molar-refractivity contribution in [1.29, 1.82) is 10.5 Å². The van der Waals surface area contributed by atoms with Crippen molar-refractivity contribution >= 4 is 5.91 Å². The van der Waals surface area contributed by atoms with Crippen LogP contribution in [0.2, 0.25) is 0 Å². The summed E-state index contributed by atoms with van der Waals surface area (Å²) < 4.78 is 0. The number of hydrogen-bond donors (Lipinski definition) is 0. The second kappa shape index (κ2) is 6.30. The van der Waals surface area contributed by atoms with Gasteiger partial charge >= 0.3 is 0 Å². The van der Waals surface area contributed by atoms with Crippen LogP contribution in [0.25, 0.3) is 0 Å². The van der Waals surface area contributed by atoms with Crippen LogP contribution in [-0.2, 0) is 4.79 Å². The lowest BCUT2D eigenvalue weighted by Crippen LogP contribution is -2.51. The number of rotatable bonds is 3. The zero-order valence-electron chi connectivity index (χ0n) is 13.3. The Morgan fingerprint density at radius 2 is 1.91 bits per heavy atom. The van der Waals surface area contributed by atoms with Gasteiger partial charge in [0.15, 0.2) is 6.19 Å². The molecule has 2 atom stereocenters. The van der Waals surface area contributed by atoms with Crippen LogP contribution in [0.5, 0.6) is 0 Å². The van der Waals surface area contributed by atoms with Gasteiger partial charge in [-0.05, 0) is 30.0 Å². The van der Waals surface area contributed by atoms with Gasteiger partial charge in [0.05, 0.1) is 11.6 Å². The van der Waals surface area contributed by atoms with Crippen molar-refractivity contribution in [2.75, 3.05) is 26.2 Å². The summed E-state index contributed by atoms with van der Waals surface area (Å²) in [5.74, 6) is 0.851. The van der Waals surface area contributed by atoms with Gasteiger partial charge in [0.25, 0.3) is 0 Å². The molecule has 2 fully saturated rings. The molecule has 23 heavy (non-hydrogen) atoms. The molecule has 0 unspecified atom stereocenters. The molecule has 2 heterocycles. The van der Waals surface area contributed by atoms with Crippen molar-refractivity contribution in [3.63, 3.8) is 0 Å². The summed E-state index contributed by atoms with van der Waals surface area (Å²) in [6, 6.07) is 9.75. The summed E-state index contributed by atoms with van der Waals surface area (Å²) in [6.07, 6.45) is 3.09. The van der Waals surface area contributed by atoms with E-state index in [4.69, 9.17) is 10.5 Å². The Balaban J connectivity index is 1.53. The molecule has 0 N–H and O–H groups in total. The summed E-state index contributed by atoms with van der Waals surface area (Å²) in [6.45, 7) is 4.97. The Hall–Kier alpha value is -2.53. The maximum atomic E-state index is 12.6. The largest absolute Gasteiger partial charge is 0.341 e. The Labute approximate surface area is 136 Å². The number of carbonyl (C=O) groups is 1. The van der Waals surface area contributed by atoms with Gasteiger partial charge in [-0.1, -0.05) is 19.1 Å². The van der Waals surface area contributed by atoms with Gasteiger partial charge in [0.1, 0.15) is 0 Å². The first-order valence-electron chi connectivity index (χ1n) is 8.06. The molecule has 2 aliphatic heterocycles. The second-order valence-corrected chi connectivity index (χ2v) is 6.56. The number of carbonyl (C=O) groups excluding carboxylic acids is 1. The fourth-order valence-corrected chi connectivity index (χ4v) is 3.48. The zero-order valence-corrected chi connectivity index (χ0v) is 13.3. The Morgan fingerprint density at radius 1 is 1.22 bits per heavy atom. The van der Waals surface area contributed by atoms with Crippen molar-refractivity contribution in [1.82, 2.24) is 9.80 Å². The Morgan fingerprint density at radius 3 is 2.48 bits per heavy atom. The third-order valence-corrected chi connectivity index (χ3v) is 5.17. The van der Waals surface area contributed by atoms with Crippen molar-refractivity contribution in [2.24, 2.45) is 11.8 Å². The van der Waals surface area contributed by atoms with E-state index in [1.165, 1.54) is 5.56 Å².